The number of hydrogen-bond donors (Lipinski definition) is 1. The molecular weight excluding hydrogens is 344 g/mol. The number of aryl methyl sites for hydroxylation is 1. The molecule has 2 aliphatic heterocycles. The predicted octanol–water partition coefficient (Wildman–Crippen LogP) is 4.13. The van der Waals surface area contributed by atoms with Crippen LogP contribution in [0.15, 0.2) is 47.4 Å². The van der Waals surface area contributed by atoms with Gasteiger partial charge >= 0.3 is 0 Å². The summed E-state index contributed by atoms with van der Waals surface area (Å²) in [5.41, 5.74) is 4.39. The quantitative estimate of drug-likeness (QED) is 0.871. The number of hydrogen-bond acceptors (Lipinski definition) is 3. The van der Waals surface area contributed by atoms with Gasteiger partial charge in [0.05, 0.1) is 5.69 Å². The lowest BCUT2D eigenvalue weighted by Gasteiger charge is -2.30. The molecule has 1 fully saturated rings. The largest absolute Gasteiger partial charge is 0.323 e. The molecule has 2 heterocycles. The maximum atomic E-state index is 13.4. The summed E-state index contributed by atoms with van der Waals surface area (Å²) in [4.78, 5) is 27.8. The van der Waals surface area contributed by atoms with Gasteiger partial charge in [-0.25, -0.2) is 0 Å². The Hall–Kier alpha value is -2.27. The van der Waals surface area contributed by atoms with Gasteiger partial charge in [-0.2, -0.15) is 0 Å². The van der Waals surface area contributed by atoms with Gasteiger partial charge in [-0.1, -0.05) is 36.0 Å². The van der Waals surface area contributed by atoms with Crippen LogP contribution < -0.4 is 10.2 Å². The Bertz CT molecular complexity index is 926. The second-order valence-corrected chi connectivity index (χ2v) is 8.51. The van der Waals surface area contributed by atoms with E-state index in [1.807, 2.05) is 36.4 Å². The molecule has 132 valence electrons. The lowest BCUT2D eigenvalue weighted by atomic mass is 9.90. The van der Waals surface area contributed by atoms with Crippen LogP contribution in [0.25, 0.3) is 0 Å². The molecule has 0 bridgehead atoms. The number of carbonyl (C=O) groups excluding carboxylic acids is 2. The van der Waals surface area contributed by atoms with Crippen molar-refractivity contribution < 1.29 is 9.59 Å². The van der Waals surface area contributed by atoms with Crippen LogP contribution in [0.3, 0.4) is 0 Å². The number of rotatable bonds is 2. The molecule has 1 aliphatic carbocycles. The summed E-state index contributed by atoms with van der Waals surface area (Å²) in [5, 5.41) is 3.18. The SMILES string of the molecule is O=C1CCC2(C(=O)Nc3cccc4c3CCCC4)Sc3ccccc3N12. The average Bonchev–Trinajstić information content (AvgIpc) is 3.18. The minimum atomic E-state index is -0.849. The Morgan fingerprint density at radius 1 is 1.04 bits per heavy atom. The van der Waals surface area contributed by atoms with Crippen LogP contribution in [0.2, 0.25) is 0 Å². The molecule has 1 N–H and O–H groups in total. The van der Waals surface area contributed by atoms with Crippen molar-refractivity contribution in [3.63, 3.8) is 0 Å². The molecule has 0 spiro atoms. The lowest BCUT2D eigenvalue weighted by molar-refractivity contribution is -0.121. The number of nitrogens with one attached hydrogen (secondary N) is 1. The highest BCUT2D eigenvalue weighted by Crippen LogP contribution is 2.56. The van der Waals surface area contributed by atoms with Gasteiger partial charge in [0.2, 0.25) is 5.91 Å². The van der Waals surface area contributed by atoms with Crippen molar-refractivity contribution in [1.82, 2.24) is 0 Å². The third kappa shape index (κ3) is 2.23. The molecule has 5 rings (SSSR count). The molecule has 4 nitrogen and oxygen atoms in total. The number of fused-ring (bicyclic) bond motifs is 4. The fourth-order valence-electron chi connectivity index (χ4n) is 4.42. The van der Waals surface area contributed by atoms with Crippen LogP contribution in [0.4, 0.5) is 11.4 Å². The second kappa shape index (κ2) is 5.88. The van der Waals surface area contributed by atoms with E-state index in [0.717, 1.165) is 35.5 Å². The molecule has 0 radical (unpaired) electrons. The Morgan fingerprint density at radius 3 is 2.81 bits per heavy atom. The van der Waals surface area contributed by atoms with Gasteiger partial charge in [-0.3, -0.25) is 14.5 Å². The van der Waals surface area contributed by atoms with Crippen molar-refractivity contribution in [2.24, 2.45) is 0 Å². The highest BCUT2D eigenvalue weighted by molar-refractivity contribution is 8.02. The van der Waals surface area contributed by atoms with E-state index >= 15 is 0 Å². The first-order valence-electron chi connectivity index (χ1n) is 9.22. The summed E-state index contributed by atoms with van der Waals surface area (Å²) >= 11 is 1.52. The van der Waals surface area contributed by atoms with Crippen LogP contribution in [-0.2, 0) is 22.4 Å². The Kier molecular flexibility index (Phi) is 3.60. The van der Waals surface area contributed by atoms with E-state index < -0.39 is 4.87 Å². The second-order valence-electron chi connectivity index (χ2n) is 7.19. The zero-order chi connectivity index (χ0) is 17.7. The molecule has 5 heteroatoms. The number of carbonyl (C=O) groups is 2. The topological polar surface area (TPSA) is 49.4 Å². The molecule has 0 saturated carbocycles. The van der Waals surface area contributed by atoms with E-state index in [4.69, 9.17) is 0 Å². The van der Waals surface area contributed by atoms with Crippen molar-refractivity contribution in [1.29, 1.82) is 0 Å². The predicted molar refractivity (Wildman–Crippen MR) is 103 cm³/mol. The van der Waals surface area contributed by atoms with Crippen molar-refractivity contribution in [2.45, 2.75) is 48.3 Å². The molecular formula is C21H20N2O2S. The summed E-state index contributed by atoms with van der Waals surface area (Å²) in [6, 6.07) is 14.0. The smallest absolute Gasteiger partial charge is 0.261 e. The number of benzene rings is 2. The van der Waals surface area contributed by atoms with E-state index in [1.54, 1.807) is 4.90 Å². The molecule has 26 heavy (non-hydrogen) atoms. The number of amides is 2. The maximum absolute atomic E-state index is 13.4. The Morgan fingerprint density at radius 2 is 1.88 bits per heavy atom. The van der Waals surface area contributed by atoms with Gasteiger partial charge in [0.15, 0.2) is 4.87 Å². The zero-order valence-corrected chi connectivity index (χ0v) is 15.3. The van der Waals surface area contributed by atoms with Crippen molar-refractivity contribution in [3.8, 4) is 0 Å². The van der Waals surface area contributed by atoms with Crippen LogP contribution >= 0.6 is 11.8 Å². The normalized spacial score (nSPS) is 23.4. The Labute approximate surface area is 157 Å². The molecule has 2 aromatic carbocycles. The zero-order valence-electron chi connectivity index (χ0n) is 14.5. The molecule has 1 unspecified atom stereocenters. The molecule has 1 atom stereocenters. The molecule has 2 aromatic rings. The van der Waals surface area contributed by atoms with Gasteiger partial charge in [-0.15, -0.1) is 0 Å². The van der Waals surface area contributed by atoms with E-state index in [9.17, 15) is 9.59 Å². The minimum absolute atomic E-state index is 0.0349. The fraction of sp³-hybridized carbons (Fsp3) is 0.333. The molecule has 3 aliphatic rings. The first-order valence-corrected chi connectivity index (χ1v) is 10.0. The van der Waals surface area contributed by atoms with Crippen molar-refractivity contribution in [3.05, 3.63) is 53.6 Å². The first kappa shape index (κ1) is 15.9. The van der Waals surface area contributed by atoms with Crippen LogP contribution in [0, 0.1) is 0 Å². The third-order valence-electron chi connectivity index (χ3n) is 5.67. The van der Waals surface area contributed by atoms with Gasteiger partial charge in [0, 0.05) is 17.0 Å². The summed E-state index contributed by atoms with van der Waals surface area (Å²) in [6.45, 7) is 0. The van der Waals surface area contributed by atoms with Crippen LogP contribution in [-0.4, -0.2) is 16.7 Å². The summed E-state index contributed by atoms with van der Waals surface area (Å²) in [5.74, 6) is -0.0452. The first-order chi connectivity index (χ1) is 12.7. The van der Waals surface area contributed by atoms with E-state index in [1.165, 1.54) is 29.3 Å². The van der Waals surface area contributed by atoms with Crippen LogP contribution in [0.5, 0.6) is 0 Å². The average molecular weight is 364 g/mol. The van der Waals surface area contributed by atoms with E-state index in [-0.39, 0.29) is 11.8 Å². The van der Waals surface area contributed by atoms with Gasteiger partial charge in [-0.05, 0) is 61.4 Å². The lowest BCUT2D eigenvalue weighted by Crippen LogP contribution is -2.49. The summed E-state index contributed by atoms with van der Waals surface area (Å²) < 4.78 is 0. The fourth-order valence-corrected chi connectivity index (χ4v) is 5.83. The van der Waals surface area contributed by atoms with Gasteiger partial charge in [0.25, 0.3) is 5.91 Å². The van der Waals surface area contributed by atoms with E-state index in [0.29, 0.717) is 12.8 Å². The monoisotopic (exact) mass is 364 g/mol. The number of para-hydroxylation sites is 1. The van der Waals surface area contributed by atoms with Crippen molar-refractivity contribution in [2.75, 3.05) is 10.2 Å². The minimum Gasteiger partial charge on any atom is -0.323 e. The summed E-state index contributed by atoms with van der Waals surface area (Å²) in [6.07, 6.45) is 5.43. The van der Waals surface area contributed by atoms with Crippen molar-refractivity contribution >= 4 is 35.0 Å². The number of nitrogens with zero attached hydrogens (tertiary/aromatic N) is 1. The maximum Gasteiger partial charge on any atom is 0.261 e. The highest BCUT2D eigenvalue weighted by atomic mass is 32.2. The van der Waals surface area contributed by atoms with E-state index in [2.05, 4.69) is 11.4 Å². The summed E-state index contributed by atoms with van der Waals surface area (Å²) in [7, 11) is 0. The third-order valence-corrected chi connectivity index (χ3v) is 7.15. The number of anilines is 2. The Balaban J connectivity index is 1.51. The van der Waals surface area contributed by atoms with Gasteiger partial charge < -0.3 is 5.32 Å². The molecule has 1 saturated heterocycles. The molecule has 0 aromatic heterocycles. The number of thioether (sulfide) groups is 1. The standard InChI is InChI=1S/C21H20N2O2S/c24-19-12-13-21(23(19)17-10-3-4-11-18(17)26-21)20(25)22-16-9-5-7-14-6-1-2-8-15(14)16/h3-5,7,9-11H,1-2,6,8,12-13H2,(H,22,25). The van der Waals surface area contributed by atoms with Gasteiger partial charge in [0.1, 0.15) is 0 Å². The van der Waals surface area contributed by atoms with Crippen LogP contribution in [0.1, 0.15) is 36.8 Å². The highest BCUT2D eigenvalue weighted by Gasteiger charge is 2.57. The molecule has 2 amide bonds.